The Labute approximate surface area is 164 Å². The monoisotopic (exact) mass is 420 g/mol. The van der Waals surface area contributed by atoms with Crippen LogP contribution in [0.4, 0.5) is 0 Å². The van der Waals surface area contributed by atoms with Crippen molar-refractivity contribution in [3.05, 3.63) is 0 Å². The molecule has 0 spiro atoms. The molecule has 0 aromatic heterocycles. The molecule has 0 aliphatic carbocycles. The molecule has 164 valence electrons. The normalized spacial score (nSPS) is 14.6. The maximum Gasteiger partial charge on any atom is 0.328 e. The molecular weight excluding hydrogens is 396 g/mol. The zero-order chi connectivity index (χ0) is 22.7. The van der Waals surface area contributed by atoms with Crippen molar-refractivity contribution in [2.45, 2.75) is 50.4 Å². The Balaban J connectivity index is 4.97. The highest BCUT2D eigenvalue weighted by Crippen LogP contribution is 1.99. The molecule has 0 rings (SSSR count). The first-order valence-corrected chi connectivity index (χ1v) is 8.33. The number of rotatable bonds is 13. The van der Waals surface area contributed by atoms with E-state index in [0.29, 0.717) is 0 Å². The highest BCUT2D eigenvalue weighted by Gasteiger charge is 2.30. The fraction of sp³-hybridized carbons (Fsp3) is 0.600. The standard InChI is InChI=1S/C15H24N4O10/c1-6(17-13(26)7(16)2-3-10(21)22)12(25)18-8(4-11(23)24)14(27)19-9(5-20)15(28)29/h6-9,20H,2-5,16H2,1H3,(H,17,26)(H,18,25)(H,19,27)(H,21,22)(H,23,24)(H,28,29). The Hall–Kier alpha value is -3.26. The van der Waals surface area contributed by atoms with Gasteiger partial charge in [0.15, 0.2) is 0 Å². The van der Waals surface area contributed by atoms with Crippen molar-refractivity contribution in [2.75, 3.05) is 6.61 Å². The van der Waals surface area contributed by atoms with E-state index >= 15 is 0 Å². The van der Waals surface area contributed by atoms with Gasteiger partial charge in [-0.25, -0.2) is 4.79 Å². The summed E-state index contributed by atoms with van der Waals surface area (Å²) in [6, 6.07) is -5.87. The predicted molar refractivity (Wildman–Crippen MR) is 93.3 cm³/mol. The quantitative estimate of drug-likeness (QED) is 0.143. The van der Waals surface area contributed by atoms with E-state index in [1.54, 1.807) is 0 Å². The van der Waals surface area contributed by atoms with Gasteiger partial charge >= 0.3 is 17.9 Å². The number of nitrogens with one attached hydrogen (secondary N) is 3. The van der Waals surface area contributed by atoms with Gasteiger partial charge in [-0.2, -0.15) is 0 Å². The van der Waals surface area contributed by atoms with Crippen LogP contribution in [0.5, 0.6) is 0 Å². The first-order valence-electron chi connectivity index (χ1n) is 8.33. The molecule has 0 aliphatic rings. The number of hydrogen-bond acceptors (Lipinski definition) is 8. The first-order chi connectivity index (χ1) is 13.4. The molecule has 9 N–H and O–H groups in total. The molecule has 0 aromatic rings. The number of aliphatic hydroxyl groups excluding tert-OH is 1. The molecule has 4 unspecified atom stereocenters. The van der Waals surface area contributed by atoms with Gasteiger partial charge in [0.05, 0.1) is 19.1 Å². The van der Waals surface area contributed by atoms with Crippen LogP contribution in [0.3, 0.4) is 0 Å². The van der Waals surface area contributed by atoms with Crippen molar-refractivity contribution in [1.82, 2.24) is 16.0 Å². The minimum absolute atomic E-state index is 0.183. The Morgan fingerprint density at radius 2 is 1.38 bits per heavy atom. The zero-order valence-corrected chi connectivity index (χ0v) is 15.5. The summed E-state index contributed by atoms with van der Waals surface area (Å²) < 4.78 is 0. The molecule has 4 atom stereocenters. The molecule has 14 heteroatoms. The van der Waals surface area contributed by atoms with Crippen LogP contribution in [-0.4, -0.2) is 86.8 Å². The molecule has 29 heavy (non-hydrogen) atoms. The largest absolute Gasteiger partial charge is 0.481 e. The van der Waals surface area contributed by atoms with Gasteiger partial charge in [-0.05, 0) is 13.3 Å². The molecule has 0 aromatic carbocycles. The van der Waals surface area contributed by atoms with Crippen LogP contribution < -0.4 is 21.7 Å². The van der Waals surface area contributed by atoms with Crippen molar-refractivity contribution >= 4 is 35.6 Å². The maximum atomic E-state index is 12.2. The highest BCUT2D eigenvalue weighted by atomic mass is 16.4. The predicted octanol–water partition coefficient (Wildman–Crippen LogP) is -3.80. The van der Waals surface area contributed by atoms with Gasteiger partial charge in [0.25, 0.3) is 0 Å². The van der Waals surface area contributed by atoms with E-state index < -0.39 is 72.8 Å². The summed E-state index contributed by atoms with van der Waals surface area (Å²) in [4.78, 5) is 68.3. The fourth-order valence-corrected chi connectivity index (χ4v) is 1.93. The molecule has 0 heterocycles. The molecule has 0 aliphatic heterocycles. The number of carbonyl (C=O) groups excluding carboxylic acids is 3. The lowest BCUT2D eigenvalue weighted by Gasteiger charge is -2.22. The lowest BCUT2D eigenvalue weighted by atomic mass is 10.1. The van der Waals surface area contributed by atoms with Crippen LogP contribution in [0.15, 0.2) is 0 Å². The summed E-state index contributed by atoms with van der Waals surface area (Å²) in [7, 11) is 0. The van der Waals surface area contributed by atoms with Crippen molar-refractivity contribution in [3.63, 3.8) is 0 Å². The lowest BCUT2D eigenvalue weighted by Crippen LogP contribution is -2.57. The maximum absolute atomic E-state index is 12.2. The van der Waals surface area contributed by atoms with Gasteiger partial charge in [0.1, 0.15) is 18.1 Å². The summed E-state index contributed by atoms with van der Waals surface area (Å²) >= 11 is 0. The van der Waals surface area contributed by atoms with Crippen molar-refractivity contribution in [1.29, 1.82) is 0 Å². The zero-order valence-electron chi connectivity index (χ0n) is 15.5. The van der Waals surface area contributed by atoms with Crippen LogP contribution >= 0.6 is 0 Å². The van der Waals surface area contributed by atoms with Gasteiger partial charge in [-0.15, -0.1) is 0 Å². The minimum atomic E-state index is -1.71. The summed E-state index contributed by atoms with van der Waals surface area (Å²) in [5, 5.41) is 41.3. The Bertz CT molecular complexity index is 653. The van der Waals surface area contributed by atoms with Crippen LogP contribution in [0, 0.1) is 0 Å². The average molecular weight is 420 g/mol. The average Bonchev–Trinajstić information content (AvgIpc) is 2.62. The second-order valence-electron chi connectivity index (χ2n) is 6.01. The van der Waals surface area contributed by atoms with Crippen LogP contribution in [0.25, 0.3) is 0 Å². The van der Waals surface area contributed by atoms with Crippen molar-refractivity contribution in [2.24, 2.45) is 5.73 Å². The lowest BCUT2D eigenvalue weighted by molar-refractivity contribution is -0.144. The Morgan fingerprint density at radius 3 is 1.83 bits per heavy atom. The number of aliphatic hydroxyl groups is 1. The van der Waals surface area contributed by atoms with E-state index in [4.69, 9.17) is 26.2 Å². The van der Waals surface area contributed by atoms with E-state index in [0.717, 1.165) is 0 Å². The second kappa shape index (κ2) is 12.2. The van der Waals surface area contributed by atoms with E-state index in [9.17, 15) is 28.8 Å². The number of carboxylic acid groups (broad SMARTS) is 3. The Morgan fingerprint density at radius 1 is 0.828 bits per heavy atom. The summed E-state index contributed by atoms with van der Waals surface area (Å²) in [5.74, 6) is -7.19. The molecule has 0 saturated carbocycles. The number of nitrogens with two attached hydrogens (primary N) is 1. The van der Waals surface area contributed by atoms with Gasteiger partial charge in [-0.3, -0.25) is 24.0 Å². The SMILES string of the molecule is CC(NC(=O)C(N)CCC(=O)O)C(=O)NC(CC(=O)O)C(=O)NC(CO)C(=O)O. The third kappa shape index (κ3) is 10.0. The number of carboxylic acids is 3. The van der Waals surface area contributed by atoms with E-state index in [1.807, 2.05) is 5.32 Å². The molecule has 3 amide bonds. The number of aliphatic carboxylic acids is 3. The Kier molecular flexibility index (Phi) is 10.9. The van der Waals surface area contributed by atoms with Crippen LogP contribution in [0.1, 0.15) is 26.2 Å². The summed E-state index contributed by atoms with van der Waals surface area (Å²) in [6.45, 7) is 0.246. The topological polar surface area (TPSA) is 245 Å². The fourth-order valence-electron chi connectivity index (χ4n) is 1.93. The van der Waals surface area contributed by atoms with E-state index in [1.165, 1.54) is 6.92 Å². The van der Waals surface area contributed by atoms with E-state index in [2.05, 4.69) is 10.6 Å². The van der Waals surface area contributed by atoms with Crippen LogP contribution in [0.2, 0.25) is 0 Å². The van der Waals surface area contributed by atoms with Crippen molar-refractivity contribution in [3.8, 4) is 0 Å². The summed E-state index contributed by atoms with van der Waals surface area (Å²) in [5.41, 5.74) is 5.50. The number of amides is 3. The minimum Gasteiger partial charge on any atom is -0.481 e. The smallest absolute Gasteiger partial charge is 0.328 e. The van der Waals surface area contributed by atoms with Gasteiger partial charge in [0.2, 0.25) is 17.7 Å². The molecule has 0 radical (unpaired) electrons. The first kappa shape index (κ1) is 25.7. The third-order valence-corrected chi connectivity index (χ3v) is 3.57. The van der Waals surface area contributed by atoms with Gasteiger partial charge in [0, 0.05) is 6.42 Å². The van der Waals surface area contributed by atoms with E-state index in [-0.39, 0.29) is 12.8 Å². The number of carbonyl (C=O) groups is 6. The second-order valence-corrected chi connectivity index (χ2v) is 6.01. The third-order valence-electron chi connectivity index (χ3n) is 3.57. The number of hydrogen-bond donors (Lipinski definition) is 8. The molecule has 0 bridgehead atoms. The molecule has 14 nitrogen and oxygen atoms in total. The van der Waals surface area contributed by atoms with Gasteiger partial charge in [-0.1, -0.05) is 0 Å². The van der Waals surface area contributed by atoms with Crippen molar-refractivity contribution < 1.29 is 49.2 Å². The highest BCUT2D eigenvalue weighted by molar-refractivity contribution is 5.95. The molecule has 0 fully saturated rings. The van der Waals surface area contributed by atoms with Gasteiger partial charge < -0.3 is 42.1 Å². The molecule has 0 saturated heterocycles. The molecular formula is C15H24N4O10. The van der Waals surface area contributed by atoms with Crippen LogP contribution in [-0.2, 0) is 28.8 Å². The summed E-state index contributed by atoms with van der Waals surface area (Å²) in [6.07, 6.45) is -1.45.